The highest BCUT2D eigenvalue weighted by molar-refractivity contribution is 7.98. The number of aryl methyl sites for hydroxylation is 1. The molecule has 1 aliphatic carbocycles. The Morgan fingerprint density at radius 3 is 3.19 bits per heavy atom. The SMILES string of the molecule is CNCC1CCCc2sc(CSc3cccc(Cl)c3)nc21. The highest BCUT2D eigenvalue weighted by Gasteiger charge is 2.24. The minimum absolute atomic E-state index is 0.597. The van der Waals surface area contributed by atoms with Gasteiger partial charge in [0.25, 0.3) is 0 Å². The van der Waals surface area contributed by atoms with Gasteiger partial charge in [-0.25, -0.2) is 4.98 Å². The molecule has 0 saturated carbocycles. The van der Waals surface area contributed by atoms with Crippen LogP contribution in [0.15, 0.2) is 29.2 Å². The molecule has 0 aliphatic heterocycles. The average molecular weight is 339 g/mol. The fourth-order valence-corrected chi connectivity index (χ4v) is 5.17. The summed E-state index contributed by atoms with van der Waals surface area (Å²) in [5, 5.41) is 5.34. The third-order valence-corrected chi connectivity index (χ3v) is 6.28. The van der Waals surface area contributed by atoms with Crippen molar-refractivity contribution in [1.29, 1.82) is 0 Å². The molecule has 0 radical (unpaired) electrons. The molecule has 2 aromatic rings. The van der Waals surface area contributed by atoms with Crippen molar-refractivity contribution >= 4 is 34.7 Å². The van der Waals surface area contributed by atoms with Gasteiger partial charge in [-0.1, -0.05) is 17.7 Å². The quantitative estimate of drug-likeness (QED) is 0.798. The van der Waals surface area contributed by atoms with Crippen molar-refractivity contribution in [2.75, 3.05) is 13.6 Å². The molecule has 0 amide bonds. The Balaban J connectivity index is 1.69. The fourth-order valence-electron chi connectivity index (χ4n) is 2.77. The van der Waals surface area contributed by atoms with Gasteiger partial charge in [0, 0.05) is 27.3 Å². The maximum Gasteiger partial charge on any atom is 0.103 e. The third-order valence-electron chi connectivity index (χ3n) is 3.72. The lowest BCUT2D eigenvalue weighted by Crippen LogP contribution is -2.21. The first-order valence-electron chi connectivity index (χ1n) is 7.27. The predicted octanol–water partition coefficient (Wildman–Crippen LogP) is 4.73. The van der Waals surface area contributed by atoms with Crippen LogP contribution in [-0.2, 0) is 12.2 Å². The standard InChI is InChI=1S/C16H19ClN2S2/c1-18-9-11-4-2-7-14-16(11)19-15(21-14)10-20-13-6-3-5-12(17)8-13/h3,5-6,8,11,18H,2,4,7,9-10H2,1H3. The summed E-state index contributed by atoms with van der Waals surface area (Å²) in [5.41, 5.74) is 1.35. The summed E-state index contributed by atoms with van der Waals surface area (Å²) in [6, 6.07) is 8.04. The van der Waals surface area contributed by atoms with E-state index in [2.05, 4.69) is 11.4 Å². The van der Waals surface area contributed by atoms with E-state index in [0.717, 1.165) is 17.3 Å². The van der Waals surface area contributed by atoms with E-state index in [1.165, 1.54) is 39.7 Å². The van der Waals surface area contributed by atoms with Gasteiger partial charge in [0.05, 0.1) is 11.4 Å². The predicted molar refractivity (Wildman–Crippen MR) is 92.7 cm³/mol. The Labute approximate surface area is 139 Å². The molecule has 21 heavy (non-hydrogen) atoms. The van der Waals surface area contributed by atoms with Crippen molar-refractivity contribution < 1.29 is 0 Å². The second-order valence-electron chi connectivity index (χ2n) is 5.31. The number of thiazole rings is 1. The molecule has 0 fully saturated rings. The summed E-state index contributed by atoms with van der Waals surface area (Å²) < 4.78 is 0. The van der Waals surface area contributed by atoms with Gasteiger partial charge in [-0.15, -0.1) is 23.1 Å². The van der Waals surface area contributed by atoms with Crippen LogP contribution in [0.25, 0.3) is 0 Å². The average Bonchev–Trinajstić information content (AvgIpc) is 2.90. The van der Waals surface area contributed by atoms with Crippen molar-refractivity contribution in [3.63, 3.8) is 0 Å². The van der Waals surface area contributed by atoms with Gasteiger partial charge in [0.15, 0.2) is 0 Å². The number of rotatable bonds is 5. The molecule has 0 spiro atoms. The number of fused-ring (bicyclic) bond motifs is 1. The highest BCUT2D eigenvalue weighted by Crippen LogP contribution is 2.36. The second-order valence-corrected chi connectivity index (χ2v) is 7.96. The lowest BCUT2D eigenvalue weighted by Gasteiger charge is -2.20. The molecule has 3 rings (SSSR count). The summed E-state index contributed by atoms with van der Waals surface area (Å²) >= 11 is 9.74. The molecule has 1 heterocycles. The van der Waals surface area contributed by atoms with E-state index in [-0.39, 0.29) is 0 Å². The van der Waals surface area contributed by atoms with Crippen molar-refractivity contribution in [1.82, 2.24) is 10.3 Å². The van der Waals surface area contributed by atoms with Crippen LogP contribution in [0.5, 0.6) is 0 Å². The Bertz CT molecular complexity index is 612. The summed E-state index contributed by atoms with van der Waals surface area (Å²) in [6.07, 6.45) is 3.76. The molecule has 1 unspecified atom stereocenters. The summed E-state index contributed by atoms with van der Waals surface area (Å²) in [7, 11) is 2.02. The van der Waals surface area contributed by atoms with Gasteiger partial charge in [-0.05, 0) is 44.5 Å². The summed E-state index contributed by atoms with van der Waals surface area (Å²) in [5.74, 6) is 1.53. The van der Waals surface area contributed by atoms with Crippen LogP contribution in [0.2, 0.25) is 5.02 Å². The molecule has 1 atom stereocenters. The number of hydrogen-bond acceptors (Lipinski definition) is 4. The Hall–Kier alpha value is -0.550. The molecule has 1 N–H and O–H groups in total. The molecular formula is C16H19ClN2S2. The number of thioether (sulfide) groups is 1. The molecule has 112 valence electrons. The monoisotopic (exact) mass is 338 g/mol. The first-order valence-corrected chi connectivity index (χ1v) is 9.45. The van der Waals surface area contributed by atoms with E-state index in [9.17, 15) is 0 Å². The lowest BCUT2D eigenvalue weighted by atomic mass is 9.91. The Morgan fingerprint density at radius 1 is 1.48 bits per heavy atom. The molecular weight excluding hydrogens is 320 g/mol. The van der Waals surface area contributed by atoms with Crippen LogP contribution in [0.1, 0.15) is 34.3 Å². The lowest BCUT2D eigenvalue weighted by molar-refractivity contribution is 0.522. The molecule has 1 aromatic heterocycles. The molecule has 1 aromatic carbocycles. The maximum absolute atomic E-state index is 6.03. The zero-order valence-electron chi connectivity index (χ0n) is 12.1. The molecule has 0 bridgehead atoms. The molecule has 0 saturated heterocycles. The van der Waals surface area contributed by atoms with Gasteiger partial charge in [-0.3, -0.25) is 0 Å². The van der Waals surface area contributed by atoms with Crippen LogP contribution in [0.4, 0.5) is 0 Å². The maximum atomic E-state index is 6.03. The summed E-state index contributed by atoms with van der Waals surface area (Å²) in [6.45, 7) is 1.04. The van der Waals surface area contributed by atoms with Gasteiger partial charge in [0.2, 0.25) is 0 Å². The largest absolute Gasteiger partial charge is 0.319 e. The van der Waals surface area contributed by atoms with E-state index in [4.69, 9.17) is 16.6 Å². The van der Waals surface area contributed by atoms with Crippen LogP contribution in [0, 0.1) is 0 Å². The number of aromatic nitrogens is 1. The number of benzene rings is 1. The number of nitrogens with zero attached hydrogens (tertiary/aromatic N) is 1. The highest BCUT2D eigenvalue weighted by atomic mass is 35.5. The Kier molecular flexibility index (Phi) is 5.22. The van der Waals surface area contributed by atoms with Crippen LogP contribution < -0.4 is 5.32 Å². The van der Waals surface area contributed by atoms with Gasteiger partial charge in [0.1, 0.15) is 5.01 Å². The third kappa shape index (κ3) is 3.81. The first kappa shape index (κ1) is 15.3. The molecule has 5 heteroatoms. The van der Waals surface area contributed by atoms with Crippen molar-refractivity contribution in [3.8, 4) is 0 Å². The van der Waals surface area contributed by atoms with E-state index >= 15 is 0 Å². The van der Waals surface area contributed by atoms with Crippen LogP contribution in [-0.4, -0.2) is 18.6 Å². The van der Waals surface area contributed by atoms with Crippen molar-refractivity contribution in [2.24, 2.45) is 0 Å². The molecule has 1 aliphatic rings. The van der Waals surface area contributed by atoms with E-state index < -0.39 is 0 Å². The van der Waals surface area contributed by atoms with E-state index in [1.807, 2.05) is 48.3 Å². The van der Waals surface area contributed by atoms with Crippen LogP contribution in [0.3, 0.4) is 0 Å². The number of hydrogen-bond donors (Lipinski definition) is 1. The first-order chi connectivity index (χ1) is 10.3. The summed E-state index contributed by atoms with van der Waals surface area (Å²) in [4.78, 5) is 7.63. The zero-order valence-corrected chi connectivity index (χ0v) is 14.5. The van der Waals surface area contributed by atoms with Crippen LogP contribution >= 0.6 is 34.7 Å². The van der Waals surface area contributed by atoms with Crippen molar-refractivity contribution in [3.05, 3.63) is 44.9 Å². The topological polar surface area (TPSA) is 24.9 Å². The minimum atomic E-state index is 0.597. The Morgan fingerprint density at radius 2 is 2.38 bits per heavy atom. The fraction of sp³-hybridized carbons (Fsp3) is 0.438. The van der Waals surface area contributed by atoms with E-state index in [0.29, 0.717) is 5.92 Å². The smallest absolute Gasteiger partial charge is 0.103 e. The minimum Gasteiger partial charge on any atom is -0.319 e. The number of likely N-dealkylation sites (N-methyl/N-ethyl adjacent to an activating group) is 1. The van der Waals surface area contributed by atoms with Crippen molar-refractivity contribution in [2.45, 2.75) is 35.8 Å². The van der Waals surface area contributed by atoms with E-state index in [1.54, 1.807) is 0 Å². The number of nitrogens with one attached hydrogen (secondary N) is 1. The number of halogens is 1. The van der Waals surface area contributed by atoms with Gasteiger partial charge < -0.3 is 5.32 Å². The zero-order chi connectivity index (χ0) is 14.7. The second kappa shape index (κ2) is 7.14. The normalized spacial score (nSPS) is 17.7. The van der Waals surface area contributed by atoms with Gasteiger partial charge >= 0.3 is 0 Å². The van der Waals surface area contributed by atoms with Gasteiger partial charge in [-0.2, -0.15) is 0 Å². The molecule has 2 nitrogen and oxygen atoms in total.